The minimum atomic E-state index is -0.405. The zero-order chi connectivity index (χ0) is 16.5. The van der Waals surface area contributed by atoms with Crippen LogP contribution in [0.25, 0.3) is 22.0 Å². The first-order valence-electron chi connectivity index (χ1n) is 7.31. The molecular weight excluding hydrogens is 308 g/mol. The number of para-hydroxylation sites is 1. The number of fused-ring (bicyclic) bond motifs is 2. The van der Waals surface area contributed by atoms with E-state index in [1.807, 2.05) is 24.3 Å². The van der Waals surface area contributed by atoms with Crippen LogP contribution in [0.2, 0.25) is 0 Å². The highest BCUT2D eigenvalue weighted by Crippen LogP contribution is 2.18. The fourth-order valence-electron chi connectivity index (χ4n) is 2.52. The van der Waals surface area contributed by atoms with Gasteiger partial charge in [-0.05, 0) is 36.4 Å². The molecule has 24 heavy (non-hydrogen) atoms. The average molecular weight is 320 g/mol. The van der Waals surface area contributed by atoms with E-state index >= 15 is 0 Å². The molecular formula is C17H12N4O3. The summed E-state index contributed by atoms with van der Waals surface area (Å²) in [6.07, 6.45) is 0. The Labute approximate surface area is 135 Å². The Morgan fingerprint density at radius 3 is 2.92 bits per heavy atom. The zero-order valence-electron chi connectivity index (χ0n) is 12.5. The molecule has 1 N–H and O–H groups in total. The molecule has 0 saturated carbocycles. The van der Waals surface area contributed by atoms with Crippen molar-refractivity contribution in [1.82, 2.24) is 15.0 Å². The van der Waals surface area contributed by atoms with Gasteiger partial charge in [0.15, 0.2) is 0 Å². The molecule has 7 heteroatoms. The molecule has 1 amide bonds. The lowest BCUT2D eigenvalue weighted by Gasteiger charge is -2.06. The molecule has 118 valence electrons. The van der Waals surface area contributed by atoms with Crippen molar-refractivity contribution >= 4 is 33.6 Å². The van der Waals surface area contributed by atoms with Gasteiger partial charge in [0, 0.05) is 17.1 Å². The van der Waals surface area contributed by atoms with E-state index in [4.69, 9.17) is 4.42 Å². The van der Waals surface area contributed by atoms with Gasteiger partial charge >= 0.3 is 5.63 Å². The smallest absolute Gasteiger partial charge is 0.336 e. The minimum absolute atomic E-state index is 0.0580. The molecule has 0 aliphatic heterocycles. The van der Waals surface area contributed by atoms with Gasteiger partial charge in [-0.15, -0.1) is 5.10 Å². The van der Waals surface area contributed by atoms with Crippen molar-refractivity contribution < 1.29 is 9.21 Å². The second kappa shape index (κ2) is 5.62. The number of rotatable bonds is 3. The monoisotopic (exact) mass is 320 g/mol. The minimum Gasteiger partial charge on any atom is -0.423 e. The molecule has 0 unspecified atom stereocenters. The van der Waals surface area contributed by atoms with Gasteiger partial charge < -0.3 is 9.73 Å². The molecule has 0 aliphatic rings. The fraction of sp³-hybridized carbons (Fsp3) is 0.0588. The van der Waals surface area contributed by atoms with Crippen LogP contribution in [0.5, 0.6) is 0 Å². The SMILES string of the molecule is O=C(Cn1nnc2ccccc21)Nc1ccc2oc(=O)ccc2c1. The highest BCUT2D eigenvalue weighted by atomic mass is 16.4. The molecule has 0 spiro atoms. The highest BCUT2D eigenvalue weighted by Gasteiger charge is 2.09. The van der Waals surface area contributed by atoms with Gasteiger partial charge in [-0.2, -0.15) is 0 Å². The van der Waals surface area contributed by atoms with Crippen molar-refractivity contribution in [3.8, 4) is 0 Å². The van der Waals surface area contributed by atoms with Crippen LogP contribution in [0.3, 0.4) is 0 Å². The lowest BCUT2D eigenvalue weighted by atomic mass is 10.2. The lowest BCUT2D eigenvalue weighted by molar-refractivity contribution is -0.116. The predicted molar refractivity (Wildman–Crippen MR) is 88.6 cm³/mol. The quantitative estimate of drug-likeness (QED) is 0.584. The third-order valence-electron chi connectivity index (χ3n) is 3.62. The molecule has 2 aromatic heterocycles. The van der Waals surface area contributed by atoms with Crippen molar-refractivity contribution in [3.05, 3.63) is 65.0 Å². The zero-order valence-corrected chi connectivity index (χ0v) is 12.5. The van der Waals surface area contributed by atoms with Crippen LogP contribution in [-0.4, -0.2) is 20.9 Å². The molecule has 4 aromatic rings. The summed E-state index contributed by atoms with van der Waals surface area (Å²) in [6.45, 7) is 0.0580. The highest BCUT2D eigenvalue weighted by molar-refractivity contribution is 5.93. The number of anilines is 1. The Kier molecular flexibility index (Phi) is 3.31. The summed E-state index contributed by atoms with van der Waals surface area (Å²) in [5.41, 5.74) is 2.23. The fourth-order valence-corrected chi connectivity index (χ4v) is 2.52. The van der Waals surface area contributed by atoms with E-state index in [-0.39, 0.29) is 12.5 Å². The maximum absolute atomic E-state index is 12.2. The number of nitrogens with one attached hydrogen (secondary N) is 1. The number of amides is 1. The topological polar surface area (TPSA) is 90.0 Å². The summed E-state index contributed by atoms with van der Waals surface area (Å²) < 4.78 is 6.61. The molecule has 0 radical (unpaired) electrons. The Balaban J connectivity index is 1.55. The van der Waals surface area contributed by atoms with Crippen molar-refractivity contribution in [2.45, 2.75) is 6.54 Å². The van der Waals surface area contributed by atoms with Gasteiger partial charge in [0.1, 0.15) is 17.6 Å². The number of hydrogen-bond donors (Lipinski definition) is 1. The maximum Gasteiger partial charge on any atom is 0.336 e. The third-order valence-corrected chi connectivity index (χ3v) is 3.62. The van der Waals surface area contributed by atoms with Gasteiger partial charge in [-0.1, -0.05) is 17.3 Å². The molecule has 0 atom stereocenters. The number of carbonyl (C=O) groups is 1. The van der Waals surface area contributed by atoms with E-state index in [9.17, 15) is 9.59 Å². The van der Waals surface area contributed by atoms with Crippen molar-refractivity contribution in [2.75, 3.05) is 5.32 Å². The van der Waals surface area contributed by atoms with E-state index in [2.05, 4.69) is 15.6 Å². The predicted octanol–water partition coefficient (Wildman–Crippen LogP) is 2.18. The standard InChI is InChI=1S/C17H12N4O3/c22-16(10-21-14-4-2-1-3-13(14)19-20-21)18-12-6-7-15-11(9-12)5-8-17(23)24-15/h1-9H,10H2,(H,18,22). The lowest BCUT2D eigenvalue weighted by Crippen LogP contribution is -2.19. The first-order valence-corrected chi connectivity index (χ1v) is 7.31. The first-order chi connectivity index (χ1) is 11.7. The molecule has 0 bridgehead atoms. The van der Waals surface area contributed by atoms with E-state index in [0.717, 1.165) is 16.4 Å². The number of benzene rings is 2. The summed E-state index contributed by atoms with van der Waals surface area (Å²) in [6, 6.07) is 15.5. The first kappa shape index (κ1) is 14.1. The maximum atomic E-state index is 12.2. The molecule has 0 fully saturated rings. The van der Waals surface area contributed by atoms with Crippen LogP contribution < -0.4 is 10.9 Å². The van der Waals surface area contributed by atoms with Crippen LogP contribution in [0.4, 0.5) is 5.69 Å². The van der Waals surface area contributed by atoms with Gasteiger partial charge in [0.05, 0.1) is 5.52 Å². The van der Waals surface area contributed by atoms with E-state index < -0.39 is 5.63 Å². The van der Waals surface area contributed by atoms with E-state index in [0.29, 0.717) is 11.3 Å². The van der Waals surface area contributed by atoms with Gasteiger partial charge in [0.2, 0.25) is 5.91 Å². The average Bonchev–Trinajstić information content (AvgIpc) is 2.98. The van der Waals surface area contributed by atoms with Crippen molar-refractivity contribution in [3.63, 3.8) is 0 Å². The molecule has 4 rings (SSSR count). The van der Waals surface area contributed by atoms with Crippen LogP contribution in [0.1, 0.15) is 0 Å². The number of aromatic nitrogens is 3. The second-order valence-electron chi connectivity index (χ2n) is 5.29. The largest absolute Gasteiger partial charge is 0.423 e. The molecule has 0 aliphatic carbocycles. The Morgan fingerprint density at radius 1 is 1.12 bits per heavy atom. The summed E-state index contributed by atoms with van der Waals surface area (Å²) in [4.78, 5) is 23.4. The third kappa shape index (κ3) is 2.63. The molecule has 0 saturated heterocycles. The molecule has 2 heterocycles. The van der Waals surface area contributed by atoms with Crippen LogP contribution >= 0.6 is 0 Å². The normalized spacial score (nSPS) is 11.0. The van der Waals surface area contributed by atoms with Crippen molar-refractivity contribution in [2.24, 2.45) is 0 Å². The van der Waals surface area contributed by atoms with Gasteiger partial charge in [0.25, 0.3) is 0 Å². The van der Waals surface area contributed by atoms with Crippen molar-refractivity contribution in [1.29, 1.82) is 0 Å². The Bertz CT molecular complexity index is 1110. The van der Waals surface area contributed by atoms with Crippen LogP contribution in [-0.2, 0) is 11.3 Å². The molecule has 2 aromatic carbocycles. The Morgan fingerprint density at radius 2 is 2.00 bits per heavy atom. The second-order valence-corrected chi connectivity index (χ2v) is 5.29. The molecule has 7 nitrogen and oxygen atoms in total. The van der Waals surface area contributed by atoms with Gasteiger partial charge in [-0.25, -0.2) is 9.48 Å². The van der Waals surface area contributed by atoms with E-state index in [1.54, 1.807) is 28.9 Å². The van der Waals surface area contributed by atoms with E-state index in [1.165, 1.54) is 6.07 Å². The van der Waals surface area contributed by atoms with Crippen LogP contribution in [0, 0.1) is 0 Å². The number of nitrogens with zero attached hydrogens (tertiary/aromatic N) is 3. The van der Waals surface area contributed by atoms with Crippen LogP contribution in [0.15, 0.2) is 63.8 Å². The number of carbonyl (C=O) groups excluding carboxylic acids is 1. The summed E-state index contributed by atoms with van der Waals surface area (Å²) in [5, 5.41) is 11.6. The summed E-state index contributed by atoms with van der Waals surface area (Å²) in [7, 11) is 0. The Hall–Kier alpha value is -3.48. The summed E-state index contributed by atoms with van der Waals surface area (Å²) in [5.74, 6) is -0.220. The number of hydrogen-bond acceptors (Lipinski definition) is 5. The van der Waals surface area contributed by atoms with Gasteiger partial charge in [-0.3, -0.25) is 4.79 Å². The summed E-state index contributed by atoms with van der Waals surface area (Å²) >= 11 is 0.